The Balaban J connectivity index is 0.999. The molecule has 7 N–H and O–H groups in total. The Morgan fingerprint density at radius 3 is 2.42 bits per heavy atom. The summed E-state index contributed by atoms with van der Waals surface area (Å²) in [5.74, 6) is -3.16. The normalized spacial score (nSPS) is 19.7. The zero-order chi connectivity index (χ0) is 48.5. The fourth-order valence-electron chi connectivity index (χ4n) is 9.03. The lowest BCUT2D eigenvalue weighted by Crippen LogP contribution is -2.56. The van der Waals surface area contributed by atoms with Crippen LogP contribution in [0.2, 0.25) is 0 Å². The SMILES string of the molecule is C/C(=C\C(=O)N[C@H]1CCc2cccc3c2N(C1=O)[C@H](C(=O)N[C@@H](CCC(N)=O)[C@@H](C)OCCCc1ccc2c(c1)n(C)c(=O)n2C1CCC(=O)NC1=O)C3)c1ccc(C(F)(F)P(=O)(O)O)cc1. The molecule has 3 aliphatic rings. The lowest BCUT2D eigenvalue weighted by molar-refractivity contribution is -0.135. The van der Waals surface area contributed by atoms with Gasteiger partial charge < -0.3 is 30.9 Å². The number of amides is 6. The molecule has 4 heterocycles. The second-order valence-electron chi connectivity index (χ2n) is 17.2. The van der Waals surface area contributed by atoms with Crippen molar-refractivity contribution < 1.29 is 56.6 Å². The van der Waals surface area contributed by atoms with Crippen LogP contribution in [0, 0.1) is 0 Å². The molecule has 1 fully saturated rings. The largest absolute Gasteiger partial charge is 0.399 e. The first-order valence-electron chi connectivity index (χ1n) is 21.9. The minimum atomic E-state index is -5.78. The van der Waals surface area contributed by atoms with Crippen molar-refractivity contribution in [2.45, 2.75) is 108 Å². The molecule has 0 saturated carbocycles. The van der Waals surface area contributed by atoms with Crippen molar-refractivity contribution in [1.29, 1.82) is 0 Å². The van der Waals surface area contributed by atoms with Gasteiger partial charge in [0.05, 0.1) is 28.9 Å². The van der Waals surface area contributed by atoms with Gasteiger partial charge in [-0.2, -0.15) is 8.78 Å². The highest BCUT2D eigenvalue weighted by atomic mass is 31.2. The van der Waals surface area contributed by atoms with Crippen LogP contribution in [0.15, 0.2) is 71.5 Å². The molecule has 1 aromatic heterocycles. The quantitative estimate of drug-likeness (QED) is 0.0388. The van der Waals surface area contributed by atoms with Crippen LogP contribution >= 0.6 is 7.60 Å². The number of anilines is 1. The topological polar surface area (TPSA) is 261 Å². The Bertz CT molecular complexity index is 2780. The third-order valence-corrected chi connectivity index (χ3v) is 13.7. The van der Waals surface area contributed by atoms with E-state index in [0.29, 0.717) is 47.1 Å². The number of aromatic nitrogens is 2. The van der Waals surface area contributed by atoms with E-state index in [0.717, 1.165) is 28.8 Å². The van der Waals surface area contributed by atoms with Gasteiger partial charge in [-0.1, -0.05) is 48.5 Å². The average molecular weight is 948 g/mol. The van der Waals surface area contributed by atoms with Gasteiger partial charge in [-0.05, 0) is 92.3 Å². The number of rotatable bonds is 17. The molecule has 5 atom stereocenters. The van der Waals surface area contributed by atoms with Gasteiger partial charge >= 0.3 is 18.9 Å². The lowest BCUT2D eigenvalue weighted by atomic mass is 10.0. The first kappa shape index (κ1) is 48.6. The van der Waals surface area contributed by atoms with Crippen LogP contribution in [0.5, 0.6) is 0 Å². The summed E-state index contributed by atoms with van der Waals surface area (Å²) < 4.78 is 48.8. The molecule has 18 nitrogen and oxygen atoms in total. The number of carbonyl (C=O) groups excluding carboxylic acids is 6. The highest BCUT2D eigenvalue weighted by Crippen LogP contribution is 2.59. The van der Waals surface area contributed by atoms with E-state index in [9.17, 15) is 46.9 Å². The Morgan fingerprint density at radius 2 is 1.73 bits per heavy atom. The number of nitrogens with two attached hydrogens (primary N) is 1. The number of ether oxygens (including phenoxy) is 1. The second-order valence-corrected chi connectivity index (χ2v) is 18.9. The summed E-state index contributed by atoms with van der Waals surface area (Å²) in [6.07, 6.45) is 2.91. The highest BCUT2D eigenvalue weighted by Gasteiger charge is 2.50. The summed E-state index contributed by atoms with van der Waals surface area (Å²) in [5.41, 5.74) is 4.76. The number of nitrogens with zero attached hydrogens (tertiary/aromatic N) is 3. The molecule has 3 aromatic carbocycles. The van der Waals surface area contributed by atoms with Gasteiger partial charge in [-0.25, -0.2) is 4.79 Å². The summed E-state index contributed by atoms with van der Waals surface area (Å²) in [7, 11) is -4.16. The number of nitrogens with one attached hydrogen (secondary N) is 3. The zero-order valence-electron chi connectivity index (χ0n) is 37.0. The molecule has 356 valence electrons. The summed E-state index contributed by atoms with van der Waals surface area (Å²) in [4.78, 5) is 111. The van der Waals surface area contributed by atoms with Crippen LogP contribution < -0.4 is 32.3 Å². The third kappa shape index (κ3) is 10.2. The van der Waals surface area contributed by atoms with E-state index in [1.807, 2.05) is 30.3 Å². The predicted molar refractivity (Wildman–Crippen MR) is 240 cm³/mol. The minimum Gasteiger partial charge on any atom is -0.376 e. The number of para-hydroxylation sites is 1. The van der Waals surface area contributed by atoms with E-state index < -0.39 is 78.6 Å². The number of benzene rings is 3. The van der Waals surface area contributed by atoms with E-state index in [1.54, 1.807) is 20.0 Å². The van der Waals surface area contributed by atoms with Gasteiger partial charge in [-0.3, -0.25) is 52.7 Å². The number of carbonyl (C=O) groups is 6. The molecule has 0 spiro atoms. The molecule has 0 radical (unpaired) electrons. The molecule has 1 unspecified atom stereocenters. The second kappa shape index (κ2) is 19.5. The average Bonchev–Trinajstić information content (AvgIpc) is 3.74. The van der Waals surface area contributed by atoms with Gasteiger partial charge in [0.2, 0.25) is 35.4 Å². The van der Waals surface area contributed by atoms with Crippen molar-refractivity contribution in [2.75, 3.05) is 11.5 Å². The van der Waals surface area contributed by atoms with E-state index >= 15 is 0 Å². The molecule has 67 heavy (non-hydrogen) atoms. The van der Waals surface area contributed by atoms with Crippen molar-refractivity contribution in [3.8, 4) is 0 Å². The zero-order valence-corrected chi connectivity index (χ0v) is 37.9. The Kier molecular flexibility index (Phi) is 14.1. The smallest absolute Gasteiger partial charge is 0.376 e. The van der Waals surface area contributed by atoms with Crippen LogP contribution in [0.3, 0.4) is 0 Å². The Labute approximate surface area is 383 Å². The third-order valence-electron chi connectivity index (χ3n) is 12.7. The van der Waals surface area contributed by atoms with Crippen LogP contribution in [0.1, 0.15) is 86.2 Å². The number of allylic oxidation sites excluding steroid dienone is 1. The van der Waals surface area contributed by atoms with E-state index in [1.165, 1.54) is 39.2 Å². The predicted octanol–water partition coefficient (Wildman–Crippen LogP) is 3.13. The molecule has 0 bridgehead atoms. The van der Waals surface area contributed by atoms with Gasteiger partial charge in [0.15, 0.2) is 0 Å². The van der Waals surface area contributed by atoms with E-state index in [-0.39, 0.29) is 56.7 Å². The number of halogens is 2. The van der Waals surface area contributed by atoms with Crippen molar-refractivity contribution >= 4 is 65.3 Å². The number of hydrogen-bond donors (Lipinski definition) is 6. The van der Waals surface area contributed by atoms with Crippen LogP contribution in [0.25, 0.3) is 16.6 Å². The molecule has 3 aliphatic heterocycles. The number of piperidine rings is 1. The maximum Gasteiger partial charge on any atom is 0.399 e. The lowest BCUT2D eigenvalue weighted by Gasteiger charge is -2.31. The molecule has 7 rings (SSSR count). The number of aryl methyl sites for hydroxylation is 3. The number of alkyl halides is 2. The molecule has 0 aliphatic carbocycles. The van der Waals surface area contributed by atoms with Crippen LogP contribution in [-0.4, -0.2) is 85.2 Å². The Hall–Kier alpha value is -6.34. The summed E-state index contributed by atoms with van der Waals surface area (Å²) in [6, 6.07) is 11.6. The fraction of sp³-hybridized carbons (Fsp3) is 0.413. The minimum absolute atomic E-state index is 0.0569. The molecular formula is C46H52F2N7O11P. The van der Waals surface area contributed by atoms with Gasteiger partial charge in [0, 0.05) is 44.6 Å². The summed E-state index contributed by atoms with van der Waals surface area (Å²) >= 11 is 0. The maximum absolute atomic E-state index is 14.4. The van der Waals surface area contributed by atoms with Crippen LogP contribution in [0.4, 0.5) is 14.5 Å². The first-order valence-corrected chi connectivity index (χ1v) is 23.5. The number of hydrogen-bond acceptors (Lipinski definition) is 9. The van der Waals surface area contributed by atoms with Crippen molar-refractivity contribution in [2.24, 2.45) is 12.8 Å². The van der Waals surface area contributed by atoms with Crippen LogP contribution in [-0.2, 0) is 70.0 Å². The van der Waals surface area contributed by atoms with Crippen molar-refractivity contribution in [1.82, 2.24) is 25.1 Å². The standard InChI is InChI=1S/C46H52F2N7O11P/c1-25(28-10-13-31(14-11-28)46(47,48)67(63,64)65)22-40(58)50-33-15-12-29-7-4-8-30-24-37(55(41(29)30)44(33)61)43(60)51-32(16-19-38(49)56)26(2)66-21-5-6-27-9-17-34-36(23-27)53(3)45(62)54(34)35-18-20-39(57)52-42(35)59/h4,7-11,13-14,17,22-23,26,32-33,35,37H,5-6,12,15-16,18-21,24H2,1-3H3,(H2,49,56)(H,50,58)(H,51,60)(H,52,57,59)(H2,63,64,65)/b25-22+/t26-,32+,33+,35?,37+/m1/s1. The van der Waals surface area contributed by atoms with E-state index in [2.05, 4.69) is 16.0 Å². The van der Waals surface area contributed by atoms with Gasteiger partial charge in [0.1, 0.15) is 18.1 Å². The molecule has 4 aromatic rings. The highest BCUT2D eigenvalue weighted by molar-refractivity contribution is 7.52. The monoisotopic (exact) mass is 947 g/mol. The number of primary amides is 1. The molecular weight excluding hydrogens is 896 g/mol. The number of fused-ring (bicyclic) bond motifs is 1. The number of imide groups is 1. The summed E-state index contributed by atoms with van der Waals surface area (Å²) in [6.45, 7) is 3.55. The van der Waals surface area contributed by atoms with Crippen molar-refractivity contribution in [3.63, 3.8) is 0 Å². The fourth-order valence-corrected chi connectivity index (χ4v) is 9.51. The van der Waals surface area contributed by atoms with Gasteiger partial charge in [-0.15, -0.1) is 0 Å². The van der Waals surface area contributed by atoms with Crippen molar-refractivity contribution in [3.05, 3.63) is 105 Å². The summed E-state index contributed by atoms with van der Waals surface area (Å²) in [5, 5.41) is 8.05. The molecule has 1 saturated heterocycles. The molecule has 6 amide bonds. The van der Waals surface area contributed by atoms with E-state index in [4.69, 9.17) is 20.3 Å². The first-order chi connectivity index (χ1) is 31.7. The molecule has 21 heteroatoms. The number of imidazole rings is 1. The maximum atomic E-state index is 14.4. The van der Waals surface area contributed by atoms with Gasteiger partial charge in [0.25, 0.3) is 0 Å². The Morgan fingerprint density at radius 1 is 1.01 bits per heavy atom.